The Kier molecular flexibility index (Phi) is 7.16. The highest BCUT2D eigenvalue weighted by Crippen LogP contribution is 2.26. The van der Waals surface area contributed by atoms with Crippen molar-refractivity contribution in [3.63, 3.8) is 0 Å². The molecule has 3 nitrogen and oxygen atoms in total. The fraction of sp³-hybridized carbons (Fsp3) is 0.333. The maximum absolute atomic E-state index is 6.20. The minimum absolute atomic E-state index is 0.274. The van der Waals surface area contributed by atoms with Crippen LogP contribution in [-0.4, -0.2) is 37.2 Å². The van der Waals surface area contributed by atoms with Gasteiger partial charge in [-0.2, -0.15) is 0 Å². The van der Waals surface area contributed by atoms with Gasteiger partial charge in [-0.25, -0.2) is 0 Å². The normalized spacial score (nSPS) is 17.2. The summed E-state index contributed by atoms with van der Waals surface area (Å²) in [5.74, 6) is 1.38. The smallest absolute Gasteiger partial charge is 0.119 e. The standard InChI is InChI=1S/C27H31ClN2O/c1-21(2)23-9-6-10-25(17-23)30-16-15-29(18-22-7-4-3-5-8-22)19-26(30)20-31-27-13-11-24(28)12-14-27/h3-14,17,21,26H,15-16,18-20H2,1-2H3. The van der Waals surface area contributed by atoms with Crippen molar-refractivity contribution in [2.75, 3.05) is 31.1 Å². The highest BCUT2D eigenvalue weighted by Gasteiger charge is 2.28. The van der Waals surface area contributed by atoms with E-state index in [4.69, 9.17) is 16.3 Å². The number of anilines is 1. The van der Waals surface area contributed by atoms with Crippen LogP contribution in [0.4, 0.5) is 5.69 Å². The van der Waals surface area contributed by atoms with Crippen LogP contribution in [0.2, 0.25) is 5.02 Å². The summed E-state index contributed by atoms with van der Waals surface area (Å²) in [6, 6.07) is 27.6. The first-order valence-electron chi connectivity index (χ1n) is 11.1. The Morgan fingerprint density at radius 3 is 2.45 bits per heavy atom. The van der Waals surface area contributed by atoms with Gasteiger partial charge in [0.2, 0.25) is 0 Å². The van der Waals surface area contributed by atoms with Crippen LogP contribution in [0.5, 0.6) is 5.75 Å². The van der Waals surface area contributed by atoms with E-state index in [0.29, 0.717) is 12.5 Å². The molecule has 1 atom stereocenters. The predicted molar refractivity (Wildman–Crippen MR) is 130 cm³/mol. The zero-order valence-electron chi connectivity index (χ0n) is 18.4. The van der Waals surface area contributed by atoms with Gasteiger partial charge >= 0.3 is 0 Å². The molecule has 31 heavy (non-hydrogen) atoms. The summed E-state index contributed by atoms with van der Waals surface area (Å²) in [5, 5.41) is 0.728. The first-order chi connectivity index (χ1) is 15.1. The van der Waals surface area contributed by atoms with Crippen molar-refractivity contribution in [1.29, 1.82) is 0 Å². The van der Waals surface area contributed by atoms with E-state index in [2.05, 4.69) is 78.2 Å². The van der Waals surface area contributed by atoms with Gasteiger partial charge in [-0.05, 0) is 53.4 Å². The lowest BCUT2D eigenvalue weighted by molar-refractivity contribution is 0.174. The zero-order chi connectivity index (χ0) is 21.6. The fourth-order valence-corrected chi connectivity index (χ4v) is 4.30. The second-order valence-electron chi connectivity index (χ2n) is 8.58. The third kappa shape index (κ3) is 5.81. The molecule has 0 saturated carbocycles. The summed E-state index contributed by atoms with van der Waals surface area (Å²) in [6.45, 7) is 9.10. The van der Waals surface area contributed by atoms with E-state index >= 15 is 0 Å². The molecule has 0 bridgehead atoms. The third-order valence-corrected chi connectivity index (χ3v) is 6.19. The minimum Gasteiger partial charge on any atom is -0.491 e. The lowest BCUT2D eigenvalue weighted by atomic mass is 10.0. The summed E-state index contributed by atoms with van der Waals surface area (Å²) in [7, 11) is 0. The van der Waals surface area contributed by atoms with Crippen molar-refractivity contribution in [3.05, 3.63) is 95.0 Å². The number of ether oxygens (including phenoxy) is 1. The predicted octanol–water partition coefficient (Wildman–Crippen LogP) is 6.23. The van der Waals surface area contributed by atoms with Gasteiger partial charge < -0.3 is 9.64 Å². The van der Waals surface area contributed by atoms with E-state index in [1.807, 2.05) is 24.3 Å². The molecule has 1 aliphatic rings. The highest BCUT2D eigenvalue weighted by molar-refractivity contribution is 6.30. The topological polar surface area (TPSA) is 15.7 Å². The maximum atomic E-state index is 6.20. The van der Waals surface area contributed by atoms with Gasteiger partial charge in [0, 0.05) is 36.9 Å². The summed E-state index contributed by atoms with van der Waals surface area (Å²) >= 11 is 6.03. The van der Waals surface area contributed by atoms with E-state index in [1.54, 1.807) is 0 Å². The largest absolute Gasteiger partial charge is 0.491 e. The molecule has 4 heteroatoms. The van der Waals surface area contributed by atoms with Crippen LogP contribution >= 0.6 is 11.6 Å². The SMILES string of the molecule is CC(C)c1cccc(N2CCN(Cc3ccccc3)CC2COc2ccc(Cl)cc2)c1. The number of hydrogen-bond acceptors (Lipinski definition) is 3. The summed E-state index contributed by atoms with van der Waals surface area (Å²) in [6.07, 6.45) is 0. The first-order valence-corrected chi connectivity index (χ1v) is 11.5. The van der Waals surface area contributed by atoms with Crippen LogP contribution in [0.15, 0.2) is 78.9 Å². The third-order valence-electron chi connectivity index (χ3n) is 5.94. The molecule has 1 aliphatic heterocycles. The average Bonchev–Trinajstić information content (AvgIpc) is 2.79. The van der Waals surface area contributed by atoms with Crippen LogP contribution < -0.4 is 9.64 Å². The van der Waals surface area contributed by atoms with Crippen LogP contribution in [0.25, 0.3) is 0 Å². The molecular formula is C27H31ClN2O. The van der Waals surface area contributed by atoms with E-state index in [0.717, 1.165) is 37.0 Å². The van der Waals surface area contributed by atoms with Crippen molar-refractivity contribution in [1.82, 2.24) is 4.90 Å². The molecule has 1 saturated heterocycles. The Morgan fingerprint density at radius 1 is 0.935 bits per heavy atom. The van der Waals surface area contributed by atoms with Gasteiger partial charge in [0.25, 0.3) is 0 Å². The lowest BCUT2D eigenvalue weighted by Crippen LogP contribution is -2.55. The number of rotatable bonds is 7. The lowest BCUT2D eigenvalue weighted by Gasteiger charge is -2.43. The van der Waals surface area contributed by atoms with E-state index in [9.17, 15) is 0 Å². The van der Waals surface area contributed by atoms with Gasteiger partial charge in [0.1, 0.15) is 12.4 Å². The zero-order valence-corrected chi connectivity index (χ0v) is 19.1. The number of nitrogens with zero attached hydrogens (tertiary/aromatic N) is 2. The van der Waals surface area contributed by atoms with Crippen molar-refractivity contribution in [2.45, 2.75) is 32.4 Å². The monoisotopic (exact) mass is 434 g/mol. The number of halogens is 1. The molecule has 1 fully saturated rings. The molecule has 0 N–H and O–H groups in total. The maximum Gasteiger partial charge on any atom is 0.119 e. The van der Waals surface area contributed by atoms with Crippen molar-refractivity contribution >= 4 is 17.3 Å². The summed E-state index contributed by atoms with van der Waals surface area (Å²) in [5.41, 5.74) is 4.02. The van der Waals surface area contributed by atoms with Gasteiger partial charge in [-0.1, -0.05) is 67.9 Å². The number of hydrogen-bond donors (Lipinski definition) is 0. The van der Waals surface area contributed by atoms with Crippen molar-refractivity contribution < 1.29 is 4.74 Å². The molecule has 3 aromatic rings. The molecule has 1 heterocycles. The second-order valence-corrected chi connectivity index (χ2v) is 9.02. The Labute approximate surface area is 191 Å². The van der Waals surface area contributed by atoms with Gasteiger partial charge in [0.15, 0.2) is 0 Å². The Balaban J connectivity index is 1.51. The molecular weight excluding hydrogens is 404 g/mol. The first kappa shape index (κ1) is 21.7. The summed E-state index contributed by atoms with van der Waals surface area (Å²) < 4.78 is 6.20. The van der Waals surface area contributed by atoms with E-state index < -0.39 is 0 Å². The molecule has 0 aliphatic carbocycles. The second kappa shape index (κ2) is 10.2. The fourth-order valence-electron chi connectivity index (χ4n) is 4.17. The van der Waals surface area contributed by atoms with Crippen LogP contribution in [-0.2, 0) is 6.54 Å². The quantitative estimate of drug-likeness (QED) is 0.438. The van der Waals surface area contributed by atoms with Gasteiger partial charge in [-0.15, -0.1) is 0 Å². The van der Waals surface area contributed by atoms with Crippen LogP contribution in [0.3, 0.4) is 0 Å². The van der Waals surface area contributed by atoms with Gasteiger partial charge in [-0.3, -0.25) is 4.90 Å². The van der Waals surface area contributed by atoms with Crippen molar-refractivity contribution in [3.8, 4) is 5.75 Å². The minimum atomic E-state index is 0.274. The highest BCUT2D eigenvalue weighted by atomic mass is 35.5. The molecule has 0 spiro atoms. The molecule has 0 aromatic heterocycles. The molecule has 1 unspecified atom stereocenters. The Hall–Kier alpha value is -2.49. The number of benzene rings is 3. The Bertz CT molecular complexity index is 958. The molecule has 0 radical (unpaired) electrons. The van der Waals surface area contributed by atoms with Crippen LogP contribution in [0.1, 0.15) is 30.9 Å². The molecule has 162 valence electrons. The Morgan fingerprint density at radius 2 is 1.71 bits per heavy atom. The summed E-state index contributed by atoms with van der Waals surface area (Å²) in [4.78, 5) is 5.05. The van der Waals surface area contributed by atoms with Crippen molar-refractivity contribution in [2.24, 2.45) is 0 Å². The van der Waals surface area contributed by atoms with Crippen LogP contribution in [0, 0.1) is 0 Å². The number of piperazine rings is 1. The van der Waals surface area contributed by atoms with E-state index in [1.165, 1.54) is 16.8 Å². The molecule has 3 aromatic carbocycles. The molecule has 0 amide bonds. The average molecular weight is 435 g/mol. The van der Waals surface area contributed by atoms with Gasteiger partial charge in [0.05, 0.1) is 6.04 Å². The molecule has 4 rings (SSSR count). The van der Waals surface area contributed by atoms with E-state index in [-0.39, 0.29) is 6.04 Å².